The van der Waals surface area contributed by atoms with Crippen molar-refractivity contribution in [3.8, 4) is 22.6 Å². The third-order valence-electron chi connectivity index (χ3n) is 8.85. The summed E-state index contributed by atoms with van der Waals surface area (Å²) in [7, 11) is 0. The maximum atomic E-state index is 12.6. The van der Waals surface area contributed by atoms with Crippen molar-refractivity contribution in [3.63, 3.8) is 0 Å². The summed E-state index contributed by atoms with van der Waals surface area (Å²) in [6.07, 6.45) is 3.17. The molecule has 1 unspecified atom stereocenters. The lowest BCUT2D eigenvalue weighted by molar-refractivity contribution is -0.245. The number of carbonyl (C=O) groups excluding carboxylic acids is 2. The fourth-order valence-corrected chi connectivity index (χ4v) is 6.89. The SMILES string of the molecule is O=C(CCCCCCC(=O)Nc1ccc([C@H]2OC(CSc3nc(-c4ccccc4)c(-c4ccccc4)o3)C[C@@H](c3ccc(CO)cc3)O2)cc1)NO. The van der Waals surface area contributed by atoms with Gasteiger partial charge >= 0.3 is 0 Å². The minimum atomic E-state index is -0.649. The van der Waals surface area contributed by atoms with E-state index in [2.05, 4.69) is 5.32 Å². The van der Waals surface area contributed by atoms with Gasteiger partial charge in [-0.15, -0.1) is 0 Å². The van der Waals surface area contributed by atoms with Crippen molar-refractivity contribution in [3.05, 3.63) is 126 Å². The lowest BCUT2D eigenvalue weighted by Gasteiger charge is -2.36. The summed E-state index contributed by atoms with van der Waals surface area (Å²) >= 11 is 1.51. The van der Waals surface area contributed by atoms with Crippen LogP contribution in [0.15, 0.2) is 119 Å². The highest BCUT2D eigenvalue weighted by atomic mass is 32.2. The molecule has 0 spiro atoms. The average molecular weight is 722 g/mol. The van der Waals surface area contributed by atoms with Gasteiger partial charge in [-0.1, -0.05) is 122 Å². The van der Waals surface area contributed by atoms with Gasteiger partial charge in [-0.2, -0.15) is 0 Å². The number of anilines is 1. The molecular weight excluding hydrogens is 679 g/mol. The number of thioether (sulfide) groups is 1. The first-order valence-corrected chi connectivity index (χ1v) is 18.6. The molecule has 0 bridgehead atoms. The number of hydrogen-bond acceptors (Lipinski definition) is 9. The third kappa shape index (κ3) is 10.2. The minimum absolute atomic E-state index is 0.0305. The van der Waals surface area contributed by atoms with E-state index in [1.807, 2.05) is 109 Å². The average Bonchev–Trinajstić information content (AvgIpc) is 3.63. The number of hydrogen-bond donors (Lipinski definition) is 4. The van der Waals surface area contributed by atoms with Gasteiger partial charge in [-0.25, -0.2) is 10.5 Å². The van der Waals surface area contributed by atoms with Crippen molar-refractivity contribution in [1.29, 1.82) is 0 Å². The molecule has 11 heteroatoms. The van der Waals surface area contributed by atoms with Gasteiger partial charge in [0.05, 0.1) is 18.8 Å². The molecule has 1 fully saturated rings. The van der Waals surface area contributed by atoms with Crippen LogP contribution in [0.2, 0.25) is 0 Å². The van der Waals surface area contributed by atoms with Crippen LogP contribution in [-0.4, -0.2) is 39.0 Å². The van der Waals surface area contributed by atoms with Crippen LogP contribution in [0.25, 0.3) is 22.6 Å². The topological polar surface area (TPSA) is 143 Å². The number of rotatable bonds is 16. The second-order valence-electron chi connectivity index (χ2n) is 12.7. The normalized spacial score (nSPS) is 17.1. The Bertz CT molecular complexity index is 1810. The van der Waals surface area contributed by atoms with Crippen LogP contribution in [0.3, 0.4) is 0 Å². The molecule has 270 valence electrons. The molecule has 10 nitrogen and oxygen atoms in total. The van der Waals surface area contributed by atoms with Crippen molar-refractivity contribution in [2.24, 2.45) is 0 Å². The minimum Gasteiger partial charge on any atom is -0.431 e. The molecule has 0 radical (unpaired) electrons. The van der Waals surface area contributed by atoms with E-state index in [-0.39, 0.29) is 31.1 Å². The second kappa shape index (κ2) is 18.6. The first kappa shape index (κ1) is 37.0. The summed E-state index contributed by atoms with van der Waals surface area (Å²) in [5, 5.41) is 21.7. The zero-order valence-electron chi connectivity index (χ0n) is 28.8. The molecule has 4 N–H and O–H groups in total. The molecule has 52 heavy (non-hydrogen) atoms. The van der Waals surface area contributed by atoms with Gasteiger partial charge in [0.15, 0.2) is 12.1 Å². The van der Waals surface area contributed by atoms with Gasteiger partial charge in [0, 0.05) is 47.4 Å². The smallest absolute Gasteiger partial charge is 0.256 e. The van der Waals surface area contributed by atoms with Gasteiger partial charge in [0.1, 0.15) is 5.69 Å². The van der Waals surface area contributed by atoms with Crippen LogP contribution in [-0.2, 0) is 25.7 Å². The number of amides is 2. The fourth-order valence-electron chi connectivity index (χ4n) is 6.05. The molecule has 2 amide bonds. The summed E-state index contributed by atoms with van der Waals surface area (Å²) in [5.74, 6) is 0.829. The number of ether oxygens (including phenoxy) is 2. The maximum absolute atomic E-state index is 12.6. The summed E-state index contributed by atoms with van der Waals surface area (Å²) in [5.41, 5.74) is 7.69. The van der Waals surface area contributed by atoms with Crippen LogP contribution in [0.4, 0.5) is 5.69 Å². The quantitative estimate of drug-likeness (QED) is 0.0341. The number of aliphatic hydroxyl groups excluding tert-OH is 1. The Kier molecular flexibility index (Phi) is 13.3. The lowest BCUT2D eigenvalue weighted by atomic mass is 10.0. The summed E-state index contributed by atoms with van der Waals surface area (Å²) in [6.45, 7) is -0.0305. The van der Waals surface area contributed by atoms with Crippen LogP contribution in [0.5, 0.6) is 0 Å². The van der Waals surface area contributed by atoms with E-state index in [1.165, 1.54) is 11.8 Å². The van der Waals surface area contributed by atoms with Gasteiger partial charge in [-0.3, -0.25) is 14.8 Å². The number of aliphatic hydroxyl groups is 1. The number of nitrogens with zero attached hydrogens (tertiary/aromatic N) is 1. The largest absolute Gasteiger partial charge is 0.431 e. The molecule has 4 aromatic carbocycles. The van der Waals surface area contributed by atoms with E-state index in [0.29, 0.717) is 42.3 Å². The van der Waals surface area contributed by atoms with E-state index in [9.17, 15) is 14.7 Å². The Morgan fingerprint density at radius 1 is 0.750 bits per heavy atom. The zero-order chi connectivity index (χ0) is 36.1. The Morgan fingerprint density at radius 3 is 2.04 bits per heavy atom. The van der Waals surface area contributed by atoms with E-state index in [0.717, 1.165) is 52.1 Å². The first-order valence-electron chi connectivity index (χ1n) is 17.6. The summed E-state index contributed by atoms with van der Waals surface area (Å²) in [4.78, 5) is 28.6. The van der Waals surface area contributed by atoms with E-state index < -0.39 is 12.2 Å². The lowest BCUT2D eigenvalue weighted by Crippen LogP contribution is -2.31. The van der Waals surface area contributed by atoms with Gasteiger partial charge in [0.2, 0.25) is 11.8 Å². The molecule has 0 saturated carbocycles. The van der Waals surface area contributed by atoms with Crippen LogP contribution < -0.4 is 10.8 Å². The van der Waals surface area contributed by atoms with E-state index in [4.69, 9.17) is 24.1 Å². The highest BCUT2D eigenvalue weighted by Gasteiger charge is 2.33. The van der Waals surface area contributed by atoms with E-state index >= 15 is 0 Å². The van der Waals surface area contributed by atoms with Crippen LogP contribution in [0, 0.1) is 0 Å². The molecular formula is C41H43N3O7S. The van der Waals surface area contributed by atoms with E-state index in [1.54, 1.807) is 5.48 Å². The van der Waals surface area contributed by atoms with Crippen LogP contribution in [0.1, 0.15) is 74.0 Å². The van der Waals surface area contributed by atoms with Crippen molar-refractivity contribution in [2.45, 2.75) is 75.3 Å². The van der Waals surface area contributed by atoms with Gasteiger partial charge in [0.25, 0.3) is 5.22 Å². The number of aromatic nitrogens is 1. The number of oxazole rings is 1. The number of unbranched alkanes of at least 4 members (excludes halogenated alkanes) is 3. The van der Waals surface area contributed by atoms with Crippen molar-refractivity contribution in [1.82, 2.24) is 10.5 Å². The summed E-state index contributed by atoms with van der Waals surface area (Å²) in [6, 6.07) is 35.3. The molecule has 1 aromatic heterocycles. The number of carbonyl (C=O) groups is 2. The standard InChI is InChI=1S/C41H43N3O7S/c45-26-28-17-19-29(20-18-28)35-25-34(27-52-41-43-38(30-11-5-3-6-12-30)39(51-41)31-13-7-4-8-14-31)49-40(50-35)32-21-23-33(24-22-32)42-36(46)15-9-1-2-10-16-37(47)44-48/h3-8,11-14,17-24,34-35,40,45,48H,1-2,9-10,15-16,25-27H2,(H,42,46)(H,44,47)/t34?,35-,40-/m0/s1. The number of benzene rings is 4. The van der Waals surface area contributed by atoms with Crippen molar-refractivity contribution < 1.29 is 33.8 Å². The summed E-state index contributed by atoms with van der Waals surface area (Å²) < 4.78 is 19.4. The Morgan fingerprint density at radius 2 is 1.38 bits per heavy atom. The predicted molar refractivity (Wildman–Crippen MR) is 199 cm³/mol. The fraction of sp³-hybridized carbons (Fsp3) is 0.293. The molecule has 5 aromatic rings. The van der Waals surface area contributed by atoms with Gasteiger partial charge < -0.3 is 24.3 Å². The second-order valence-corrected chi connectivity index (χ2v) is 13.6. The Balaban J connectivity index is 1.12. The molecule has 1 aliphatic heterocycles. The Labute approximate surface area is 307 Å². The molecule has 6 rings (SSSR count). The molecule has 3 atom stereocenters. The zero-order valence-corrected chi connectivity index (χ0v) is 29.6. The third-order valence-corrected chi connectivity index (χ3v) is 9.81. The number of nitrogens with one attached hydrogen (secondary N) is 2. The monoisotopic (exact) mass is 721 g/mol. The first-order chi connectivity index (χ1) is 25.5. The molecule has 1 saturated heterocycles. The molecule has 1 aliphatic rings. The van der Waals surface area contributed by atoms with Crippen LogP contribution >= 0.6 is 11.8 Å². The molecule has 2 heterocycles. The predicted octanol–water partition coefficient (Wildman–Crippen LogP) is 8.62. The highest BCUT2D eigenvalue weighted by Crippen LogP contribution is 2.41. The van der Waals surface area contributed by atoms with Crippen molar-refractivity contribution in [2.75, 3.05) is 11.1 Å². The Hall–Kier alpha value is -4.78. The van der Waals surface area contributed by atoms with Crippen molar-refractivity contribution >= 4 is 29.3 Å². The number of hydroxylamine groups is 1. The molecule has 0 aliphatic carbocycles. The van der Waals surface area contributed by atoms with Gasteiger partial charge in [-0.05, 0) is 36.1 Å². The maximum Gasteiger partial charge on any atom is 0.256 e. The highest BCUT2D eigenvalue weighted by molar-refractivity contribution is 7.99.